The lowest BCUT2D eigenvalue weighted by Crippen LogP contribution is -2.28. The van der Waals surface area contributed by atoms with Gasteiger partial charge in [0.15, 0.2) is 0 Å². The third-order valence-corrected chi connectivity index (χ3v) is 6.52. The van der Waals surface area contributed by atoms with Crippen molar-refractivity contribution >= 4 is 11.6 Å². The Kier molecular flexibility index (Phi) is 6.12. The quantitative estimate of drug-likeness (QED) is 0.361. The van der Waals surface area contributed by atoms with Crippen molar-refractivity contribution in [2.24, 2.45) is 5.92 Å². The predicted molar refractivity (Wildman–Crippen MR) is 138 cm³/mol. The first kappa shape index (κ1) is 22.8. The zero-order valence-electron chi connectivity index (χ0n) is 20.3. The summed E-state index contributed by atoms with van der Waals surface area (Å²) in [5.74, 6) is 1.47. The van der Waals surface area contributed by atoms with Crippen LogP contribution in [-0.4, -0.2) is 21.1 Å². The molecule has 2 N–H and O–H groups in total. The molecule has 0 spiro atoms. The number of benzene rings is 2. The number of carbonyl (C=O) groups excluding carboxylic acids is 1. The molecule has 1 atom stereocenters. The van der Waals surface area contributed by atoms with Crippen LogP contribution in [0, 0.1) is 5.92 Å². The van der Waals surface area contributed by atoms with Gasteiger partial charge < -0.3 is 10.1 Å². The summed E-state index contributed by atoms with van der Waals surface area (Å²) < 4.78 is 6.14. The molecule has 1 aliphatic rings. The van der Waals surface area contributed by atoms with E-state index in [2.05, 4.69) is 65.5 Å². The van der Waals surface area contributed by atoms with Crippen molar-refractivity contribution in [3.05, 3.63) is 89.7 Å². The van der Waals surface area contributed by atoms with Crippen molar-refractivity contribution in [1.82, 2.24) is 15.2 Å². The molecule has 1 amide bonds. The first-order chi connectivity index (χ1) is 16.8. The zero-order chi connectivity index (χ0) is 24.4. The fourth-order valence-electron chi connectivity index (χ4n) is 4.49. The van der Waals surface area contributed by atoms with Crippen molar-refractivity contribution in [3.8, 4) is 22.9 Å². The van der Waals surface area contributed by atoms with E-state index in [0.29, 0.717) is 12.2 Å². The fraction of sp³-hybridized carbons (Fsp3) is 0.276. The maximum Gasteiger partial charge on any atom is 0.227 e. The summed E-state index contributed by atoms with van der Waals surface area (Å²) in [5.41, 5.74) is 6.15. The van der Waals surface area contributed by atoms with Crippen LogP contribution in [0.25, 0.3) is 11.4 Å². The number of hydrogen-bond acceptors (Lipinski definition) is 4. The second-order valence-corrected chi connectivity index (χ2v) is 10.1. The largest absolute Gasteiger partial charge is 0.457 e. The molecule has 178 valence electrons. The van der Waals surface area contributed by atoms with Crippen LogP contribution in [0.4, 0.5) is 5.69 Å². The Bertz CT molecular complexity index is 1340. The van der Waals surface area contributed by atoms with Gasteiger partial charge in [-0.3, -0.25) is 14.9 Å². The summed E-state index contributed by atoms with van der Waals surface area (Å²) in [6.45, 7) is 6.53. The molecule has 0 radical (unpaired) electrons. The number of ether oxygens (including phenoxy) is 1. The van der Waals surface area contributed by atoms with Gasteiger partial charge in [0.1, 0.15) is 11.5 Å². The van der Waals surface area contributed by atoms with E-state index in [0.717, 1.165) is 35.7 Å². The zero-order valence-corrected chi connectivity index (χ0v) is 20.3. The van der Waals surface area contributed by atoms with Crippen LogP contribution in [0.3, 0.4) is 0 Å². The van der Waals surface area contributed by atoms with Crippen LogP contribution in [0.15, 0.2) is 73.1 Å². The highest BCUT2D eigenvalue weighted by atomic mass is 16.5. The fourth-order valence-corrected chi connectivity index (χ4v) is 4.49. The van der Waals surface area contributed by atoms with Gasteiger partial charge in [0.2, 0.25) is 5.91 Å². The standard InChI is InChI=1S/C29H30N4O2/c1-29(2,3)22-5-4-6-23(17-22)32-28(34)20-8-7-19-9-10-24(16-21(19)15-20)35-25-11-13-30-27(18-25)26-12-14-31-33-26/h4-6,9-14,16-18,20H,7-8,15H2,1-3H3,(H,31,33)(H,32,34). The second kappa shape index (κ2) is 9.37. The van der Waals surface area contributed by atoms with Gasteiger partial charge in [-0.05, 0) is 77.8 Å². The number of hydrogen-bond donors (Lipinski definition) is 2. The van der Waals surface area contributed by atoms with E-state index in [1.165, 1.54) is 16.7 Å². The van der Waals surface area contributed by atoms with E-state index < -0.39 is 0 Å². The lowest BCUT2D eigenvalue weighted by Gasteiger charge is -2.25. The minimum absolute atomic E-state index is 0.0365. The van der Waals surface area contributed by atoms with Crippen LogP contribution < -0.4 is 10.1 Å². The maximum atomic E-state index is 13.1. The van der Waals surface area contributed by atoms with E-state index in [9.17, 15) is 4.79 Å². The number of carbonyl (C=O) groups is 1. The molecule has 0 bridgehead atoms. The first-order valence-corrected chi connectivity index (χ1v) is 12.0. The average molecular weight is 467 g/mol. The molecular weight excluding hydrogens is 436 g/mol. The monoisotopic (exact) mass is 466 g/mol. The molecule has 0 saturated carbocycles. The number of aryl methyl sites for hydroxylation is 1. The molecule has 1 aliphatic carbocycles. The average Bonchev–Trinajstić information content (AvgIpc) is 3.39. The van der Waals surface area contributed by atoms with Gasteiger partial charge in [0, 0.05) is 30.1 Å². The SMILES string of the molecule is CC(C)(C)c1cccc(NC(=O)C2CCc3ccc(Oc4ccnc(-c5ccn[nH]5)c4)cc3C2)c1. The molecule has 2 heterocycles. The number of fused-ring (bicyclic) bond motifs is 1. The van der Waals surface area contributed by atoms with Crippen LogP contribution in [-0.2, 0) is 23.1 Å². The van der Waals surface area contributed by atoms with Gasteiger partial charge in [-0.1, -0.05) is 39.0 Å². The highest BCUT2D eigenvalue weighted by Gasteiger charge is 2.25. The number of anilines is 1. The number of aromatic amines is 1. The van der Waals surface area contributed by atoms with E-state index in [1.807, 2.05) is 36.4 Å². The topological polar surface area (TPSA) is 79.9 Å². The molecule has 6 heteroatoms. The molecular formula is C29H30N4O2. The molecule has 2 aromatic carbocycles. The van der Waals surface area contributed by atoms with Crippen LogP contribution in [0.1, 0.15) is 43.9 Å². The minimum atomic E-state index is -0.0658. The lowest BCUT2D eigenvalue weighted by atomic mass is 9.83. The summed E-state index contributed by atoms with van der Waals surface area (Å²) in [6, 6.07) is 19.9. The highest BCUT2D eigenvalue weighted by Crippen LogP contribution is 2.32. The number of amides is 1. The van der Waals surface area contributed by atoms with E-state index in [4.69, 9.17) is 4.74 Å². The normalized spacial score (nSPS) is 15.3. The van der Waals surface area contributed by atoms with Gasteiger partial charge in [0.25, 0.3) is 0 Å². The molecule has 0 aliphatic heterocycles. The second-order valence-electron chi connectivity index (χ2n) is 10.1. The summed E-state index contributed by atoms with van der Waals surface area (Å²) in [7, 11) is 0. The van der Waals surface area contributed by atoms with Gasteiger partial charge in [-0.15, -0.1) is 0 Å². The smallest absolute Gasteiger partial charge is 0.227 e. The van der Waals surface area contributed by atoms with E-state index >= 15 is 0 Å². The summed E-state index contributed by atoms with van der Waals surface area (Å²) in [6.07, 6.45) is 5.85. The van der Waals surface area contributed by atoms with Crippen molar-refractivity contribution in [2.45, 2.75) is 45.4 Å². The van der Waals surface area contributed by atoms with E-state index in [-0.39, 0.29) is 17.2 Å². The van der Waals surface area contributed by atoms with Crippen LogP contribution in [0.5, 0.6) is 11.5 Å². The summed E-state index contributed by atoms with van der Waals surface area (Å²) in [4.78, 5) is 17.5. The Hall–Kier alpha value is -3.93. The summed E-state index contributed by atoms with van der Waals surface area (Å²) >= 11 is 0. The molecule has 5 rings (SSSR count). The van der Waals surface area contributed by atoms with Crippen molar-refractivity contribution in [3.63, 3.8) is 0 Å². The number of pyridine rings is 1. The lowest BCUT2D eigenvalue weighted by molar-refractivity contribution is -0.120. The van der Waals surface area contributed by atoms with Crippen molar-refractivity contribution in [1.29, 1.82) is 0 Å². The number of nitrogens with zero attached hydrogens (tertiary/aromatic N) is 2. The maximum absolute atomic E-state index is 13.1. The number of aromatic nitrogens is 3. The Balaban J connectivity index is 1.28. The van der Waals surface area contributed by atoms with Gasteiger partial charge >= 0.3 is 0 Å². The summed E-state index contributed by atoms with van der Waals surface area (Å²) in [5, 5.41) is 10.1. The number of nitrogens with one attached hydrogen (secondary N) is 2. The Morgan fingerprint density at radius 3 is 2.66 bits per heavy atom. The third-order valence-electron chi connectivity index (χ3n) is 6.52. The van der Waals surface area contributed by atoms with Crippen molar-refractivity contribution in [2.75, 3.05) is 5.32 Å². The van der Waals surface area contributed by atoms with Gasteiger partial charge in [0.05, 0.1) is 11.4 Å². The minimum Gasteiger partial charge on any atom is -0.457 e. The molecule has 2 aromatic heterocycles. The molecule has 35 heavy (non-hydrogen) atoms. The number of H-pyrrole nitrogens is 1. The van der Waals surface area contributed by atoms with E-state index in [1.54, 1.807) is 12.4 Å². The van der Waals surface area contributed by atoms with Gasteiger partial charge in [-0.25, -0.2) is 0 Å². The molecule has 4 aromatic rings. The highest BCUT2D eigenvalue weighted by molar-refractivity contribution is 5.93. The molecule has 1 unspecified atom stereocenters. The Morgan fingerprint density at radius 2 is 1.86 bits per heavy atom. The van der Waals surface area contributed by atoms with Gasteiger partial charge in [-0.2, -0.15) is 5.10 Å². The first-order valence-electron chi connectivity index (χ1n) is 12.0. The van der Waals surface area contributed by atoms with Crippen molar-refractivity contribution < 1.29 is 9.53 Å². The molecule has 0 saturated heterocycles. The number of rotatable bonds is 5. The Morgan fingerprint density at radius 1 is 1.00 bits per heavy atom. The molecule has 6 nitrogen and oxygen atoms in total. The predicted octanol–water partition coefficient (Wildman–Crippen LogP) is 6.31. The van der Waals surface area contributed by atoms with Crippen LogP contribution in [0.2, 0.25) is 0 Å². The molecule has 0 fully saturated rings. The Labute approximate surface area is 205 Å². The third kappa shape index (κ3) is 5.27. The van der Waals surface area contributed by atoms with Crippen LogP contribution >= 0.6 is 0 Å².